The van der Waals surface area contributed by atoms with Gasteiger partial charge in [-0.05, 0) is 6.07 Å². The highest BCUT2D eigenvalue weighted by molar-refractivity contribution is 6.30. The maximum absolute atomic E-state index is 11.3. The third-order valence-corrected chi connectivity index (χ3v) is 2.14. The molecule has 14 heavy (non-hydrogen) atoms. The lowest BCUT2D eigenvalue weighted by atomic mass is 10.2. The predicted molar refractivity (Wildman–Crippen MR) is 52.4 cm³/mol. The van der Waals surface area contributed by atoms with E-state index in [1.54, 1.807) is 18.5 Å². The quantitative estimate of drug-likeness (QED) is 0.579. The van der Waals surface area contributed by atoms with Crippen molar-refractivity contribution in [3.05, 3.63) is 29.2 Å². The molecule has 0 radical (unpaired) electrons. The first-order valence-corrected chi connectivity index (χ1v) is 4.31. The molecule has 0 spiro atoms. The highest BCUT2D eigenvalue weighted by Gasteiger charge is 2.12. The van der Waals surface area contributed by atoms with Crippen LogP contribution in [-0.2, 0) is 4.74 Å². The van der Waals surface area contributed by atoms with E-state index in [0.717, 1.165) is 5.52 Å². The Labute approximate surface area is 84.9 Å². The van der Waals surface area contributed by atoms with Crippen LogP contribution in [0.5, 0.6) is 0 Å². The summed E-state index contributed by atoms with van der Waals surface area (Å²) in [6, 6.07) is 1.66. The SMILES string of the molecule is COC(=O)c1c[nH]c2cc(Cl)ncc12. The lowest BCUT2D eigenvalue weighted by molar-refractivity contribution is 0.0603. The topological polar surface area (TPSA) is 55.0 Å². The second-order valence-corrected chi connectivity index (χ2v) is 3.13. The summed E-state index contributed by atoms with van der Waals surface area (Å²) < 4.78 is 4.61. The van der Waals surface area contributed by atoms with Crippen LogP contribution in [0, 0.1) is 0 Å². The Morgan fingerprint density at radius 3 is 3.14 bits per heavy atom. The third-order valence-electron chi connectivity index (χ3n) is 1.94. The lowest BCUT2D eigenvalue weighted by Crippen LogP contribution is -1.99. The van der Waals surface area contributed by atoms with Crippen molar-refractivity contribution >= 4 is 28.5 Å². The molecule has 72 valence electrons. The molecule has 0 unspecified atom stereocenters. The minimum absolute atomic E-state index is 0.385. The molecule has 0 saturated heterocycles. The molecule has 2 heterocycles. The standard InChI is InChI=1S/C9H7ClN2O2/c1-14-9(13)6-4-11-7-2-8(10)12-3-5(6)7/h2-4,11H,1H3. The summed E-state index contributed by atoms with van der Waals surface area (Å²) in [6.07, 6.45) is 3.12. The van der Waals surface area contributed by atoms with Gasteiger partial charge in [-0.15, -0.1) is 0 Å². The van der Waals surface area contributed by atoms with Crippen LogP contribution in [0.2, 0.25) is 5.15 Å². The van der Waals surface area contributed by atoms with Gasteiger partial charge in [-0.1, -0.05) is 11.6 Å². The minimum Gasteiger partial charge on any atom is -0.465 e. The number of fused-ring (bicyclic) bond motifs is 1. The van der Waals surface area contributed by atoms with Gasteiger partial charge in [-0.3, -0.25) is 0 Å². The number of aromatic nitrogens is 2. The molecule has 2 aromatic heterocycles. The molecule has 1 N–H and O–H groups in total. The number of nitrogens with zero attached hydrogens (tertiary/aromatic N) is 1. The summed E-state index contributed by atoms with van der Waals surface area (Å²) >= 11 is 5.69. The summed E-state index contributed by atoms with van der Waals surface area (Å²) in [5.74, 6) is -0.389. The number of pyridine rings is 1. The number of H-pyrrole nitrogens is 1. The second kappa shape index (κ2) is 3.31. The number of esters is 1. The first-order chi connectivity index (χ1) is 6.72. The second-order valence-electron chi connectivity index (χ2n) is 2.75. The lowest BCUT2D eigenvalue weighted by Gasteiger charge is -1.95. The van der Waals surface area contributed by atoms with Crippen LogP contribution < -0.4 is 0 Å². The van der Waals surface area contributed by atoms with Crippen LogP contribution in [0.3, 0.4) is 0 Å². The zero-order valence-corrected chi connectivity index (χ0v) is 8.13. The van der Waals surface area contributed by atoms with Crippen molar-refractivity contribution in [1.82, 2.24) is 9.97 Å². The van der Waals surface area contributed by atoms with E-state index in [-0.39, 0.29) is 5.97 Å². The number of rotatable bonds is 1. The number of hydrogen-bond donors (Lipinski definition) is 1. The molecule has 0 bridgehead atoms. The van der Waals surface area contributed by atoms with Crippen LogP contribution in [0.15, 0.2) is 18.5 Å². The van der Waals surface area contributed by atoms with Crippen LogP contribution in [0.4, 0.5) is 0 Å². The Balaban J connectivity index is 2.64. The molecular weight excluding hydrogens is 204 g/mol. The van der Waals surface area contributed by atoms with Gasteiger partial charge in [0.15, 0.2) is 0 Å². The van der Waals surface area contributed by atoms with Crippen molar-refractivity contribution in [2.24, 2.45) is 0 Å². The number of carbonyl (C=O) groups is 1. The first kappa shape index (κ1) is 9.02. The molecular formula is C9H7ClN2O2. The molecule has 0 amide bonds. The number of halogens is 1. The maximum atomic E-state index is 11.3. The molecule has 0 aliphatic rings. The average molecular weight is 211 g/mol. The average Bonchev–Trinajstić information content (AvgIpc) is 2.59. The summed E-state index contributed by atoms with van der Waals surface area (Å²) in [5, 5.41) is 1.09. The molecule has 0 aromatic carbocycles. The highest BCUT2D eigenvalue weighted by atomic mass is 35.5. The summed E-state index contributed by atoms with van der Waals surface area (Å²) in [6.45, 7) is 0. The normalized spacial score (nSPS) is 10.4. The van der Waals surface area contributed by atoms with Crippen LogP contribution in [-0.4, -0.2) is 23.0 Å². The van der Waals surface area contributed by atoms with E-state index in [2.05, 4.69) is 14.7 Å². The highest BCUT2D eigenvalue weighted by Crippen LogP contribution is 2.20. The fraction of sp³-hybridized carbons (Fsp3) is 0.111. The minimum atomic E-state index is -0.389. The predicted octanol–water partition coefficient (Wildman–Crippen LogP) is 2.00. The van der Waals surface area contributed by atoms with Crippen molar-refractivity contribution in [2.45, 2.75) is 0 Å². The van der Waals surface area contributed by atoms with Crippen molar-refractivity contribution in [1.29, 1.82) is 0 Å². The number of methoxy groups -OCH3 is 1. The summed E-state index contributed by atoms with van der Waals surface area (Å²) in [7, 11) is 1.34. The Hall–Kier alpha value is -1.55. The Bertz CT molecular complexity index is 493. The van der Waals surface area contributed by atoms with E-state index in [4.69, 9.17) is 11.6 Å². The number of carbonyl (C=O) groups excluding carboxylic acids is 1. The Morgan fingerprint density at radius 1 is 1.64 bits per heavy atom. The van der Waals surface area contributed by atoms with E-state index < -0.39 is 0 Å². The van der Waals surface area contributed by atoms with E-state index in [0.29, 0.717) is 16.1 Å². The van der Waals surface area contributed by atoms with Crippen molar-refractivity contribution in [3.63, 3.8) is 0 Å². The molecule has 0 aliphatic heterocycles. The number of hydrogen-bond acceptors (Lipinski definition) is 3. The van der Waals surface area contributed by atoms with E-state index in [9.17, 15) is 4.79 Å². The van der Waals surface area contributed by atoms with Crippen LogP contribution in [0.25, 0.3) is 10.9 Å². The first-order valence-electron chi connectivity index (χ1n) is 3.93. The molecule has 2 aromatic rings. The van der Waals surface area contributed by atoms with Crippen molar-refractivity contribution < 1.29 is 9.53 Å². The summed E-state index contributed by atoms with van der Waals surface area (Å²) in [4.78, 5) is 18.1. The molecule has 0 atom stereocenters. The van der Waals surface area contributed by atoms with Gasteiger partial charge >= 0.3 is 5.97 Å². The molecule has 4 nitrogen and oxygen atoms in total. The Kier molecular flexibility index (Phi) is 2.13. The molecule has 0 aliphatic carbocycles. The van der Waals surface area contributed by atoms with E-state index >= 15 is 0 Å². The van der Waals surface area contributed by atoms with Gasteiger partial charge in [0.1, 0.15) is 5.15 Å². The van der Waals surface area contributed by atoms with Gasteiger partial charge in [-0.2, -0.15) is 0 Å². The fourth-order valence-corrected chi connectivity index (χ4v) is 1.43. The molecule has 5 heteroatoms. The van der Waals surface area contributed by atoms with Crippen molar-refractivity contribution in [3.8, 4) is 0 Å². The van der Waals surface area contributed by atoms with Gasteiger partial charge in [0, 0.05) is 17.8 Å². The smallest absolute Gasteiger partial charge is 0.340 e. The Morgan fingerprint density at radius 2 is 2.43 bits per heavy atom. The third kappa shape index (κ3) is 1.33. The molecule has 0 fully saturated rings. The fourth-order valence-electron chi connectivity index (χ4n) is 1.27. The zero-order valence-electron chi connectivity index (χ0n) is 7.37. The summed E-state index contributed by atoms with van der Waals surface area (Å²) in [5.41, 5.74) is 1.23. The largest absolute Gasteiger partial charge is 0.465 e. The van der Waals surface area contributed by atoms with Crippen molar-refractivity contribution in [2.75, 3.05) is 7.11 Å². The van der Waals surface area contributed by atoms with Crippen LogP contribution in [0.1, 0.15) is 10.4 Å². The van der Waals surface area contributed by atoms with E-state index in [1.165, 1.54) is 7.11 Å². The van der Waals surface area contributed by atoms with Gasteiger partial charge in [0.2, 0.25) is 0 Å². The van der Waals surface area contributed by atoms with Gasteiger partial charge in [-0.25, -0.2) is 9.78 Å². The van der Waals surface area contributed by atoms with Crippen LogP contribution >= 0.6 is 11.6 Å². The zero-order chi connectivity index (χ0) is 10.1. The molecule has 0 saturated carbocycles. The monoisotopic (exact) mass is 210 g/mol. The van der Waals surface area contributed by atoms with Gasteiger partial charge < -0.3 is 9.72 Å². The maximum Gasteiger partial charge on any atom is 0.340 e. The van der Waals surface area contributed by atoms with E-state index in [1.807, 2.05) is 0 Å². The molecule has 2 rings (SSSR count). The number of nitrogens with one attached hydrogen (secondary N) is 1. The number of ether oxygens (including phenoxy) is 1. The van der Waals surface area contributed by atoms with Gasteiger partial charge in [0.05, 0.1) is 18.2 Å². The van der Waals surface area contributed by atoms with Gasteiger partial charge in [0.25, 0.3) is 0 Å². The number of aromatic amines is 1.